The van der Waals surface area contributed by atoms with E-state index in [1.807, 2.05) is 0 Å². The minimum Gasteiger partial charge on any atom is -0.462 e. The second-order valence-electron chi connectivity index (χ2n) is 21.7. The van der Waals surface area contributed by atoms with E-state index in [1.165, 1.54) is 205 Å². The monoisotopic (exact) mass is 1030 g/mol. The molecule has 1 unspecified atom stereocenters. The molecule has 0 saturated heterocycles. The highest BCUT2D eigenvalue weighted by molar-refractivity contribution is 5.71. The number of allylic oxidation sites excluding steroid dienone is 10. The van der Waals surface area contributed by atoms with Crippen molar-refractivity contribution in [3.8, 4) is 0 Å². The maximum atomic E-state index is 12.8. The van der Waals surface area contributed by atoms with E-state index in [0.717, 1.165) is 89.9 Å². The lowest BCUT2D eigenvalue weighted by Gasteiger charge is -2.18. The molecule has 430 valence electrons. The quantitative estimate of drug-likeness (QED) is 0.0261. The van der Waals surface area contributed by atoms with E-state index < -0.39 is 6.10 Å². The van der Waals surface area contributed by atoms with Crippen LogP contribution in [0.2, 0.25) is 0 Å². The zero-order valence-electron chi connectivity index (χ0n) is 49.4. The van der Waals surface area contributed by atoms with Gasteiger partial charge in [0.2, 0.25) is 0 Å². The predicted octanol–water partition coefficient (Wildman–Crippen LogP) is 21.9. The largest absolute Gasteiger partial charge is 0.462 e. The lowest BCUT2D eigenvalue weighted by molar-refractivity contribution is -0.167. The SMILES string of the molecule is CC/C=C\C/C=C\C/C=C\C/C=C\C/C=C\CCCCCCCCCCCCCCCCCCCC(=O)OCC(COC(=O)CCCCCCCCC)OC(=O)CCCCCCCCCCCCCCCCCC. The van der Waals surface area contributed by atoms with Gasteiger partial charge in [-0.25, -0.2) is 0 Å². The van der Waals surface area contributed by atoms with Crippen LogP contribution in [0, 0.1) is 0 Å². The maximum absolute atomic E-state index is 12.8. The van der Waals surface area contributed by atoms with E-state index in [-0.39, 0.29) is 31.1 Å². The van der Waals surface area contributed by atoms with Crippen molar-refractivity contribution in [1.82, 2.24) is 0 Å². The molecule has 1 atom stereocenters. The second-order valence-corrected chi connectivity index (χ2v) is 21.7. The summed E-state index contributed by atoms with van der Waals surface area (Å²) in [7, 11) is 0. The zero-order valence-corrected chi connectivity index (χ0v) is 49.4. The lowest BCUT2D eigenvalue weighted by Crippen LogP contribution is -2.30. The standard InChI is InChI=1S/C68H122O6/c1-4-7-10-13-16-18-20-22-24-26-27-28-29-30-31-32-33-34-35-36-37-38-39-40-41-42-44-45-47-49-52-55-58-61-67(70)73-64-65(63-72-66(69)60-57-54-51-15-12-9-6-3)74-68(71)62-59-56-53-50-48-46-43-25-23-21-19-17-14-11-8-5-2/h7,10,16,18,22,24,27-28,30-31,65H,4-6,8-9,11-15,17,19-21,23,25-26,29,32-64H2,1-3H3/b10-7-,18-16-,24-22-,28-27-,31-30-. The minimum absolute atomic E-state index is 0.0677. The van der Waals surface area contributed by atoms with Gasteiger partial charge in [0.15, 0.2) is 6.10 Å². The minimum atomic E-state index is -0.766. The summed E-state index contributed by atoms with van der Waals surface area (Å²) in [5, 5.41) is 0. The molecular formula is C68H122O6. The van der Waals surface area contributed by atoms with Gasteiger partial charge in [0.1, 0.15) is 13.2 Å². The molecule has 6 nitrogen and oxygen atoms in total. The second kappa shape index (κ2) is 62.6. The predicted molar refractivity (Wildman–Crippen MR) is 321 cm³/mol. The van der Waals surface area contributed by atoms with Crippen LogP contribution in [0.4, 0.5) is 0 Å². The van der Waals surface area contributed by atoms with E-state index >= 15 is 0 Å². The molecule has 0 rings (SSSR count). The van der Waals surface area contributed by atoms with Crippen LogP contribution in [0.25, 0.3) is 0 Å². The average Bonchev–Trinajstić information content (AvgIpc) is 3.40. The molecule has 0 radical (unpaired) electrons. The molecule has 0 saturated carbocycles. The van der Waals surface area contributed by atoms with Gasteiger partial charge in [-0.3, -0.25) is 14.4 Å². The maximum Gasteiger partial charge on any atom is 0.306 e. The number of rotatable bonds is 59. The topological polar surface area (TPSA) is 78.9 Å². The van der Waals surface area contributed by atoms with Crippen molar-refractivity contribution in [3.05, 3.63) is 60.8 Å². The fourth-order valence-electron chi connectivity index (χ4n) is 9.47. The number of ether oxygens (including phenoxy) is 3. The first-order chi connectivity index (χ1) is 36.5. The Labute approximate surface area is 460 Å². The first-order valence-corrected chi connectivity index (χ1v) is 32.3. The van der Waals surface area contributed by atoms with E-state index in [0.29, 0.717) is 19.3 Å². The lowest BCUT2D eigenvalue weighted by atomic mass is 10.0. The van der Waals surface area contributed by atoms with Crippen LogP contribution in [0.15, 0.2) is 60.8 Å². The van der Waals surface area contributed by atoms with Crippen molar-refractivity contribution in [3.63, 3.8) is 0 Å². The van der Waals surface area contributed by atoms with Crippen LogP contribution in [0.5, 0.6) is 0 Å². The summed E-state index contributed by atoms with van der Waals surface area (Å²) in [6.45, 7) is 6.53. The first kappa shape index (κ1) is 71.1. The van der Waals surface area contributed by atoms with Gasteiger partial charge >= 0.3 is 17.9 Å². The average molecular weight is 1040 g/mol. The van der Waals surface area contributed by atoms with Gasteiger partial charge < -0.3 is 14.2 Å². The van der Waals surface area contributed by atoms with E-state index in [9.17, 15) is 14.4 Å². The van der Waals surface area contributed by atoms with Crippen LogP contribution in [-0.4, -0.2) is 37.2 Å². The van der Waals surface area contributed by atoms with Gasteiger partial charge in [0.25, 0.3) is 0 Å². The number of hydrogen-bond acceptors (Lipinski definition) is 6. The zero-order chi connectivity index (χ0) is 53.6. The van der Waals surface area contributed by atoms with Crippen LogP contribution in [0.1, 0.15) is 335 Å². The highest BCUT2D eigenvalue weighted by Crippen LogP contribution is 2.18. The molecule has 0 fully saturated rings. The molecule has 0 spiro atoms. The molecule has 74 heavy (non-hydrogen) atoms. The summed E-state index contributed by atoms with van der Waals surface area (Å²) in [5.74, 6) is -0.855. The smallest absolute Gasteiger partial charge is 0.306 e. The summed E-state index contributed by atoms with van der Waals surface area (Å²) in [4.78, 5) is 38.0. The van der Waals surface area contributed by atoms with Gasteiger partial charge in [-0.05, 0) is 64.2 Å². The number of carbonyl (C=O) groups excluding carboxylic acids is 3. The molecule has 0 bridgehead atoms. The van der Waals surface area contributed by atoms with Crippen molar-refractivity contribution in [1.29, 1.82) is 0 Å². The van der Waals surface area contributed by atoms with Gasteiger partial charge in [-0.15, -0.1) is 0 Å². The Morgan fingerprint density at radius 3 is 0.824 bits per heavy atom. The molecule has 0 heterocycles. The van der Waals surface area contributed by atoms with E-state index in [4.69, 9.17) is 14.2 Å². The summed E-state index contributed by atoms with van der Waals surface area (Å²) in [6, 6.07) is 0. The fraction of sp³-hybridized carbons (Fsp3) is 0.809. The fourth-order valence-corrected chi connectivity index (χ4v) is 9.47. The molecule has 0 aliphatic rings. The molecular weight excluding hydrogens is 913 g/mol. The number of unbranched alkanes of at least 4 members (excludes halogenated alkanes) is 38. The van der Waals surface area contributed by atoms with Crippen molar-refractivity contribution < 1.29 is 28.6 Å². The Morgan fingerprint density at radius 1 is 0.284 bits per heavy atom. The van der Waals surface area contributed by atoms with Gasteiger partial charge in [-0.2, -0.15) is 0 Å². The molecule has 0 amide bonds. The summed E-state index contributed by atoms with van der Waals surface area (Å²) in [6.07, 6.45) is 79.8. The highest BCUT2D eigenvalue weighted by atomic mass is 16.6. The molecule has 0 aliphatic heterocycles. The van der Waals surface area contributed by atoms with Gasteiger partial charge in [0.05, 0.1) is 0 Å². The normalized spacial score (nSPS) is 12.4. The van der Waals surface area contributed by atoms with Crippen LogP contribution < -0.4 is 0 Å². The summed E-state index contributed by atoms with van der Waals surface area (Å²) in [5.41, 5.74) is 0. The van der Waals surface area contributed by atoms with Gasteiger partial charge in [0, 0.05) is 19.3 Å². The third-order valence-corrected chi connectivity index (χ3v) is 14.3. The summed E-state index contributed by atoms with van der Waals surface area (Å²) >= 11 is 0. The Morgan fingerprint density at radius 2 is 0.527 bits per heavy atom. The van der Waals surface area contributed by atoms with Crippen molar-refractivity contribution in [2.45, 2.75) is 341 Å². The van der Waals surface area contributed by atoms with Gasteiger partial charge in [-0.1, -0.05) is 313 Å². The van der Waals surface area contributed by atoms with E-state index in [2.05, 4.69) is 81.5 Å². The Balaban J connectivity index is 3.99. The summed E-state index contributed by atoms with van der Waals surface area (Å²) < 4.78 is 16.8. The molecule has 0 aromatic heterocycles. The Hall–Kier alpha value is -2.89. The third-order valence-electron chi connectivity index (χ3n) is 14.3. The molecule has 6 heteroatoms. The Kier molecular flexibility index (Phi) is 60.2. The van der Waals surface area contributed by atoms with Crippen LogP contribution >= 0.6 is 0 Å². The van der Waals surface area contributed by atoms with Crippen LogP contribution in [-0.2, 0) is 28.6 Å². The van der Waals surface area contributed by atoms with Crippen LogP contribution in [0.3, 0.4) is 0 Å². The molecule has 0 aliphatic carbocycles. The number of hydrogen-bond donors (Lipinski definition) is 0. The number of carbonyl (C=O) groups is 3. The first-order valence-electron chi connectivity index (χ1n) is 32.3. The van der Waals surface area contributed by atoms with Crippen molar-refractivity contribution in [2.75, 3.05) is 13.2 Å². The molecule has 0 N–H and O–H groups in total. The highest BCUT2D eigenvalue weighted by Gasteiger charge is 2.19. The Bertz CT molecular complexity index is 1330. The molecule has 0 aromatic carbocycles. The van der Waals surface area contributed by atoms with E-state index in [1.54, 1.807) is 0 Å². The van der Waals surface area contributed by atoms with Crippen molar-refractivity contribution >= 4 is 17.9 Å². The van der Waals surface area contributed by atoms with Crippen molar-refractivity contribution in [2.24, 2.45) is 0 Å². The number of esters is 3. The third kappa shape index (κ3) is 60.0. The molecule has 0 aromatic rings.